The molecule has 0 aromatic heterocycles. The summed E-state index contributed by atoms with van der Waals surface area (Å²) in [5.41, 5.74) is 0.875. The van der Waals surface area contributed by atoms with E-state index in [2.05, 4.69) is 19.2 Å². The van der Waals surface area contributed by atoms with Crippen LogP contribution >= 0.6 is 11.8 Å². The Morgan fingerprint density at radius 2 is 2.05 bits per heavy atom. The lowest BCUT2D eigenvalue weighted by Gasteiger charge is -2.17. The van der Waals surface area contributed by atoms with Gasteiger partial charge in [0.2, 0.25) is 11.8 Å². The summed E-state index contributed by atoms with van der Waals surface area (Å²) in [6, 6.07) is 7.90. The largest absolute Gasteiger partial charge is 0.356 e. The number of nitrogens with zero attached hydrogens (tertiary/aromatic N) is 1. The van der Waals surface area contributed by atoms with E-state index in [0.29, 0.717) is 25.4 Å². The first-order valence-corrected chi connectivity index (χ1v) is 8.96. The Balaban J connectivity index is 1.93. The lowest BCUT2D eigenvalue weighted by atomic mass is 10.1. The zero-order valence-electron chi connectivity index (χ0n) is 13.5. The number of carbonyl (C=O) groups is 2. The molecule has 1 aliphatic rings. The predicted octanol–water partition coefficient (Wildman–Crippen LogP) is 2.92. The van der Waals surface area contributed by atoms with Gasteiger partial charge >= 0.3 is 0 Å². The maximum absolute atomic E-state index is 12.2. The van der Waals surface area contributed by atoms with E-state index in [1.165, 1.54) is 4.90 Å². The molecule has 22 heavy (non-hydrogen) atoms. The molecule has 1 saturated heterocycles. The van der Waals surface area contributed by atoms with Crippen LogP contribution in [0.15, 0.2) is 29.2 Å². The van der Waals surface area contributed by atoms with Crippen LogP contribution in [0.1, 0.15) is 26.7 Å². The molecule has 0 saturated carbocycles. The smallest absolute Gasteiger partial charge is 0.227 e. The monoisotopic (exact) mass is 320 g/mol. The molecule has 1 aromatic rings. The zero-order chi connectivity index (χ0) is 16.1. The van der Waals surface area contributed by atoms with E-state index in [1.54, 1.807) is 16.7 Å². The van der Waals surface area contributed by atoms with Gasteiger partial charge in [-0.25, -0.2) is 0 Å². The number of benzene rings is 1. The number of hydrogen-bond donors (Lipinski definition) is 1. The van der Waals surface area contributed by atoms with Crippen molar-refractivity contribution in [2.45, 2.75) is 31.6 Å². The number of rotatable bonds is 6. The minimum atomic E-state index is -0.236. The first kappa shape index (κ1) is 16.9. The highest BCUT2D eigenvalue weighted by Crippen LogP contribution is 2.27. The van der Waals surface area contributed by atoms with Crippen molar-refractivity contribution in [3.8, 4) is 0 Å². The third-order valence-electron chi connectivity index (χ3n) is 3.90. The third kappa shape index (κ3) is 4.26. The molecule has 1 atom stereocenters. The molecular weight excluding hydrogens is 296 g/mol. The number of anilines is 1. The van der Waals surface area contributed by atoms with Crippen LogP contribution in [0.3, 0.4) is 0 Å². The molecule has 5 heteroatoms. The number of hydrogen-bond acceptors (Lipinski definition) is 3. The quantitative estimate of drug-likeness (QED) is 0.820. The van der Waals surface area contributed by atoms with Crippen molar-refractivity contribution < 1.29 is 9.59 Å². The zero-order valence-corrected chi connectivity index (χ0v) is 14.3. The van der Waals surface area contributed by atoms with E-state index in [1.807, 2.05) is 30.5 Å². The maximum Gasteiger partial charge on any atom is 0.227 e. The Morgan fingerprint density at radius 1 is 1.36 bits per heavy atom. The van der Waals surface area contributed by atoms with E-state index >= 15 is 0 Å². The highest BCUT2D eigenvalue weighted by atomic mass is 32.2. The fourth-order valence-corrected chi connectivity index (χ4v) is 2.93. The summed E-state index contributed by atoms with van der Waals surface area (Å²) < 4.78 is 0. The van der Waals surface area contributed by atoms with Gasteiger partial charge in [0.05, 0.1) is 5.92 Å². The fourth-order valence-electron chi connectivity index (χ4n) is 2.52. The van der Waals surface area contributed by atoms with E-state index in [9.17, 15) is 9.59 Å². The molecule has 1 fully saturated rings. The number of thioether (sulfide) groups is 1. The Kier molecular flexibility index (Phi) is 5.89. The summed E-state index contributed by atoms with van der Waals surface area (Å²) in [7, 11) is 0. The number of nitrogens with one attached hydrogen (secondary N) is 1. The Labute approximate surface area is 136 Å². The molecule has 1 aliphatic heterocycles. The molecule has 2 amide bonds. The van der Waals surface area contributed by atoms with Gasteiger partial charge < -0.3 is 10.2 Å². The molecule has 0 bridgehead atoms. The van der Waals surface area contributed by atoms with Gasteiger partial charge in [-0.1, -0.05) is 13.8 Å². The molecule has 1 aromatic carbocycles. The molecule has 0 spiro atoms. The summed E-state index contributed by atoms with van der Waals surface area (Å²) in [4.78, 5) is 27.2. The Morgan fingerprint density at radius 3 is 2.64 bits per heavy atom. The summed E-state index contributed by atoms with van der Waals surface area (Å²) in [5.74, 6) is 0.356. The topological polar surface area (TPSA) is 49.4 Å². The van der Waals surface area contributed by atoms with Gasteiger partial charge in [-0.2, -0.15) is 0 Å². The maximum atomic E-state index is 12.2. The second-order valence-corrected chi connectivity index (χ2v) is 6.96. The van der Waals surface area contributed by atoms with Crippen molar-refractivity contribution in [1.82, 2.24) is 5.32 Å². The summed E-state index contributed by atoms with van der Waals surface area (Å²) >= 11 is 1.67. The van der Waals surface area contributed by atoms with E-state index in [0.717, 1.165) is 12.1 Å². The molecule has 1 unspecified atom stereocenters. The van der Waals surface area contributed by atoms with Crippen molar-refractivity contribution in [3.63, 3.8) is 0 Å². The van der Waals surface area contributed by atoms with Crippen LogP contribution in [0, 0.1) is 11.8 Å². The fraction of sp³-hybridized carbons (Fsp3) is 0.529. The summed E-state index contributed by atoms with van der Waals surface area (Å²) in [5, 5.41) is 2.95. The lowest BCUT2D eigenvalue weighted by molar-refractivity contribution is -0.126. The second kappa shape index (κ2) is 7.68. The molecule has 120 valence electrons. The van der Waals surface area contributed by atoms with Gasteiger partial charge in [0.1, 0.15) is 0 Å². The van der Waals surface area contributed by atoms with Crippen molar-refractivity contribution >= 4 is 29.3 Å². The van der Waals surface area contributed by atoms with Crippen LogP contribution in [0.4, 0.5) is 5.69 Å². The van der Waals surface area contributed by atoms with E-state index < -0.39 is 0 Å². The van der Waals surface area contributed by atoms with Gasteiger partial charge in [-0.05, 0) is 42.9 Å². The van der Waals surface area contributed by atoms with E-state index in [4.69, 9.17) is 0 Å². The minimum absolute atomic E-state index is 0.00256. The molecule has 1 heterocycles. The minimum Gasteiger partial charge on any atom is -0.356 e. The van der Waals surface area contributed by atoms with Crippen LogP contribution in [-0.2, 0) is 9.59 Å². The van der Waals surface area contributed by atoms with Crippen LogP contribution < -0.4 is 10.2 Å². The lowest BCUT2D eigenvalue weighted by Crippen LogP contribution is -2.33. The molecule has 2 rings (SSSR count). The van der Waals surface area contributed by atoms with Crippen LogP contribution in [0.5, 0.6) is 0 Å². The average molecular weight is 320 g/mol. The van der Waals surface area contributed by atoms with Crippen molar-refractivity contribution in [3.05, 3.63) is 24.3 Å². The first-order valence-electron chi connectivity index (χ1n) is 7.73. The van der Waals surface area contributed by atoms with Crippen LogP contribution in [0.2, 0.25) is 0 Å². The Bertz CT molecular complexity index is 528. The average Bonchev–Trinajstić information content (AvgIpc) is 2.89. The van der Waals surface area contributed by atoms with Gasteiger partial charge in [0.25, 0.3) is 0 Å². The van der Waals surface area contributed by atoms with Crippen molar-refractivity contribution in [2.75, 3.05) is 24.2 Å². The predicted molar refractivity (Wildman–Crippen MR) is 91.1 cm³/mol. The van der Waals surface area contributed by atoms with Gasteiger partial charge in [0.15, 0.2) is 0 Å². The van der Waals surface area contributed by atoms with Crippen molar-refractivity contribution in [2.24, 2.45) is 11.8 Å². The molecule has 0 aliphatic carbocycles. The second-order valence-electron chi connectivity index (χ2n) is 6.08. The summed E-state index contributed by atoms with van der Waals surface area (Å²) in [6.07, 6.45) is 3.29. The van der Waals surface area contributed by atoms with Crippen LogP contribution in [0.25, 0.3) is 0 Å². The molecular formula is C17H24N2O2S. The normalized spacial score (nSPS) is 18.1. The molecule has 0 radical (unpaired) electrons. The molecule has 1 N–H and O–H groups in total. The first-order chi connectivity index (χ1) is 10.5. The van der Waals surface area contributed by atoms with Gasteiger partial charge in [0, 0.05) is 30.1 Å². The third-order valence-corrected chi connectivity index (χ3v) is 4.64. The van der Waals surface area contributed by atoms with Crippen molar-refractivity contribution in [1.29, 1.82) is 0 Å². The Hall–Kier alpha value is -1.49. The van der Waals surface area contributed by atoms with Crippen LogP contribution in [-0.4, -0.2) is 31.2 Å². The standard InChI is InChI=1S/C17H24N2O2S/c1-12(2)8-9-18-17(21)13-10-16(20)19(11-13)14-4-6-15(22-3)7-5-14/h4-7,12-13H,8-11H2,1-3H3,(H,18,21). The molecule has 4 nitrogen and oxygen atoms in total. The van der Waals surface area contributed by atoms with Gasteiger partial charge in [-0.15, -0.1) is 11.8 Å². The number of carbonyl (C=O) groups excluding carboxylic acids is 2. The SMILES string of the molecule is CSc1ccc(N2CC(C(=O)NCCC(C)C)CC2=O)cc1. The number of amides is 2. The van der Waals surface area contributed by atoms with Gasteiger partial charge in [-0.3, -0.25) is 9.59 Å². The summed E-state index contributed by atoms with van der Waals surface area (Å²) in [6.45, 7) is 5.42. The highest BCUT2D eigenvalue weighted by Gasteiger charge is 2.34. The van der Waals surface area contributed by atoms with E-state index in [-0.39, 0.29) is 17.7 Å². The highest BCUT2D eigenvalue weighted by molar-refractivity contribution is 7.98.